The first-order valence-electron chi connectivity index (χ1n) is 5.20. The first-order valence-corrected chi connectivity index (χ1v) is 6.15. The standard InChI is InChI=1S/C10H17N3S/c1-2-4-13-5-3-8(11)10(13)9-6-14-7-12-9/h6-8,10H,2-5,11H2,1H3/t8-,10-/m1/s1. The van der Waals surface area contributed by atoms with Gasteiger partial charge in [0.1, 0.15) is 0 Å². The molecule has 0 amide bonds. The number of nitrogens with zero attached hydrogens (tertiary/aromatic N) is 2. The molecule has 14 heavy (non-hydrogen) atoms. The van der Waals surface area contributed by atoms with Gasteiger partial charge in [0.15, 0.2) is 0 Å². The fourth-order valence-electron chi connectivity index (χ4n) is 2.20. The molecule has 2 N–H and O–H groups in total. The zero-order valence-corrected chi connectivity index (χ0v) is 9.33. The topological polar surface area (TPSA) is 42.1 Å². The molecule has 2 rings (SSSR count). The molecule has 0 radical (unpaired) electrons. The van der Waals surface area contributed by atoms with Gasteiger partial charge in [0, 0.05) is 18.0 Å². The van der Waals surface area contributed by atoms with Gasteiger partial charge < -0.3 is 5.73 Å². The van der Waals surface area contributed by atoms with E-state index in [1.807, 2.05) is 5.51 Å². The molecule has 0 spiro atoms. The molecule has 1 fully saturated rings. The number of nitrogens with two attached hydrogens (primary N) is 1. The first-order chi connectivity index (χ1) is 6.83. The predicted molar refractivity (Wildman–Crippen MR) is 59.3 cm³/mol. The van der Waals surface area contributed by atoms with Crippen molar-refractivity contribution >= 4 is 11.3 Å². The van der Waals surface area contributed by atoms with E-state index in [1.165, 1.54) is 6.42 Å². The molecule has 78 valence electrons. The van der Waals surface area contributed by atoms with E-state index in [2.05, 4.69) is 22.2 Å². The van der Waals surface area contributed by atoms with E-state index in [0.717, 1.165) is 25.2 Å². The lowest BCUT2D eigenvalue weighted by Crippen LogP contribution is -2.32. The molecule has 3 nitrogen and oxygen atoms in total. The van der Waals surface area contributed by atoms with Crippen molar-refractivity contribution in [3.05, 3.63) is 16.6 Å². The molecule has 2 heterocycles. The van der Waals surface area contributed by atoms with Crippen LogP contribution in [-0.4, -0.2) is 29.0 Å². The van der Waals surface area contributed by atoms with Crippen molar-refractivity contribution in [1.82, 2.24) is 9.88 Å². The average molecular weight is 211 g/mol. The molecule has 0 aliphatic carbocycles. The summed E-state index contributed by atoms with van der Waals surface area (Å²) in [5, 5.41) is 2.12. The molecular formula is C10H17N3S. The van der Waals surface area contributed by atoms with Crippen LogP contribution >= 0.6 is 11.3 Å². The van der Waals surface area contributed by atoms with Crippen molar-refractivity contribution < 1.29 is 0 Å². The third-order valence-corrected chi connectivity index (χ3v) is 3.42. The van der Waals surface area contributed by atoms with Crippen LogP contribution in [0.4, 0.5) is 0 Å². The van der Waals surface area contributed by atoms with Crippen molar-refractivity contribution in [3.63, 3.8) is 0 Å². The highest BCUT2D eigenvalue weighted by atomic mass is 32.1. The Labute approximate surface area is 88.9 Å². The molecule has 0 bridgehead atoms. The number of rotatable bonds is 3. The molecule has 1 aromatic heterocycles. The minimum atomic E-state index is 0.267. The SMILES string of the molecule is CCCN1CC[C@@H](N)[C@@H]1c1cscn1. The lowest BCUT2D eigenvalue weighted by Gasteiger charge is -2.24. The van der Waals surface area contributed by atoms with E-state index in [4.69, 9.17) is 5.73 Å². The summed E-state index contributed by atoms with van der Waals surface area (Å²) < 4.78 is 0. The molecule has 1 aromatic rings. The van der Waals surface area contributed by atoms with Crippen LogP contribution in [0.3, 0.4) is 0 Å². The number of aromatic nitrogens is 1. The van der Waals surface area contributed by atoms with Gasteiger partial charge in [0.25, 0.3) is 0 Å². The zero-order chi connectivity index (χ0) is 9.97. The lowest BCUT2D eigenvalue weighted by molar-refractivity contribution is 0.244. The summed E-state index contributed by atoms with van der Waals surface area (Å²) in [5.41, 5.74) is 9.17. The van der Waals surface area contributed by atoms with E-state index >= 15 is 0 Å². The van der Waals surface area contributed by atoms with Gasteiger partial charge in [-0.3, -0.25) is 4.90 Å². The maximum atomic E-state index is 6.11. The van der Waals surface area contributed by atoms with Gasteiger partial charge in [-0.25, -0.2) is 4.98 Å². The maximum Gasteiger partial charge on any atom is 0.0795 e. The monoisotopic (exact) mass is 211 g/mol. The summed E-state index contributed by atoms with van der Waals surface area (Å²) in [6, 6.07) is 0.629. The predicted octanol–water partition coefficient (Wildman–Crippen LogP) is 1.63. The van der Waals surface area contributed by atoms with Gasteiger partial charge in [0.05, 0.1) is 17.2 Å². The highest BCUT2D eigenvalue weighted by molar-refractivity contribution is 7.07. The van der Waals surface area contributed by atoms with Crippen LogP contribution < -0.4 is 5.73 Å². The van der Waals surface area contributed by atoms with E-state index in [9.17, 15) is 0 Å². The molecule has 1 aliphatic heterocycles. The fourth-order valence-corrected chi connectivity index (χ4v) is 2.78. The highest BCUT2D eigenvalue weighted by Gasteiger charge is 2.33. The van der Waals surface area contributed by atoms with Crippen LogP contribution in [0, 0.1) is 0 Å². The summed E-state index contributed by atoms with van der Waals surface area (Å²) in [6.07, 6.45) is 2.29. The largest absolute Gasteiger partial charge is 0.326 e. The van der Waals surface area contributed by atoms with Crippen LogP contribution in [0.15, 0.2) is 10.9 Å². The Kier molecular flexibility index (Phi) is 3.15. The van der Waals surface area contributed by atoms with Crippen molar-refractivity contribution in [2.75, 3.05) is 13.1 Å². The minimum absolute atomic E-state index is 0.267. The van der Waals surface area contributed by atoms with Crippen molar-refractivity contribution in [1.29, 1.82) is 0 Å². The van der Waals surface area contributed by atoms with Crippen LogP contribution in [0.5, 0.6) is 0 Å². The van der Waals surface area contributed by atoms with Gasteiger partial charge in [0.2, 0.25) is 0 Å². The Bertz CT molecular complexity index is 271. The average Bonchev–Trinajstić information content (AvgIpc) is 2.76. The van der Waals surface area contributed by atoms with E-state index < -0.39 is 0 Å². The second kappa shape index (κ2) is 4.38. The van der Waals surface area contributed by atoms with Crippen molar-refractivity contribution in [2.24, 2.45) is 5.73 Å². The van der Waals surface area contributed by atoms with Gasteiger partial charge >= 0.3 is 0 Å². The Morgan fingerprint density at radius 1 is 1.71 bits per heavy atom. The van der Waals surface area contributed by atoms with Crippen LogP contribution in [0.25, 0.3) is 0 Å². The van der Waals surface area contributed by atoms with Crippen LogP contribution in [0.2, 0.25) is 0 Å². The molecule has 0 unspecified atom stereocenters. The van der Waals surface area contributed by atoms with Gasteiger partial charge in [-0.05, 0) is 19.4 Å². The molecule has 1 saturated heterocycles. The lowest BCUT2D eigenvalue weighted by atomic mass is 10.1. The Morgan fingerprint density at radius 2 is 2.57 bits per heavy atom. The van der Waals surface area contributed by atoms with Gasteiger partial charge in [-0.15, -0.1) is 11.3 Å². The molecular weight excluding hydrogens is 194 g/mol. The molecule has 1 aliphatic rings. The van der Waals surface area contributed by atoms with Crippen LogP contribution in [-0.2, 0) is 0 Å². The number of likely N-dealkylation sites (tertiary alicyclic amines) is 1. The smallest absolute Gasteiger partial charge is 0.0795 e. The first kappa shape index (κ1) is 10.1. The quantitative estimate of drug-likeness (QED) is 0.826. The summed E-state index contributed by atoms with van der Waals surface area (Å²) in [7, 11) is 0. The van der Waals surface area contributed by atoms with E-state index in [-0.39, 0.29) is 6.04 Å². The molecule has 0 aromatic carbocycles. The number of thiazole rings is 1. The third kappa shape index (κ3) is 1.82. The highest BCUT2D eigenvalue weighted by Crippen LogP contribution is 2.30. The molecule has 4 heteroatoms. The molecule has 2 atom stereocenters. The Hall–Kier alpha value is -0.450. The van der Waals surface area contributed by atoms with Crippen LogP contribution in [0.1, 0.15) is 31.5 Å². The summed E-state index contributed by atoms with van der Waals surface area (Å²) >= 11 is 1.66. The van der Waals surface area contributed by atoms with Crippen molar-refractivity contribution in [2.45, 2.75) is 31.8 Å². The Morgan fingerprint density at radius 3 is 3.21 bits per heavy atom. The second-order valence-electron chi connectivity index (χ2n) is 3.85. The second-order valence-corrected chi connectivity index (χ2v) is 4.57. The van der Waals surface area contributed by atoms with E-state index in [0.29, 0.717) is 6.04 Å². The number of hydrogen-bond donors (Lipinski definition) is 1. The van der Waals surface area contributed by atoms with Gasteiger partial charge in [-0.1, -0.05) is 6.92 Å². The van der Waals surface area contributed by atoms with Gasteiger partial charge in [-0.2, -0.15) is 0 Å². The zero-order valence-electron chi connectivity index (χ0n) is 8.52. The normalized spacial score (nSPS) is 28.4. The van der Waals surface area contributed by atoms with E-state index in [1.54, 1.807) is 11.3 Å². The van der Waals surface area contributed by atoms with Crippen molar-refractivity contribution in [3.8, 4) is 0 Å². The minimum Gasteiger partial charge on any atom is -0.326 e. The summed E-state index contributed by atoms with van der Waals surface area (Å²) in [4.78, 5) is 6.84. The summed E-state index contributed by atoms with van der Waals surface area (Å²) in [5.74, 6) is 0. The third-order valence-electron chi connectivity index (χ3n) is 2.81. The number of hydrogen-bond acceptors (Lipinski definition) is 4. The molecule has 0 saturated carbocycles. The summed E-state index contributed by atoms with van der Waals surface area (Å²) in [6.45, 7) is 4.47. The fraction of sp³-hybridized carbons (Fsp3) is 0.700. The maximum absolute atomic E-state index is 6.11. The Balaban J connectivity index is 2.13.